The molecule has 390 valence electrons. The number of rotatable bonds is 31. The van der Waals surface area contributed by atoms with Crippen LogP contribution in [0.4, 0.5) is 0 Å². The first-order valence-electron chi connectivity index (χ1n) is 23.5. The molecule has 0 spiro atoms. The summed E-state index contributed by atoms with van der Waals surface area (Å²) in [6, 6.07) is -1.79. The molecule has 1 fully saturated rings. The number of hydrogen-bond donors (Lipinski definition) is 12. The van der Waals surface area contributed by atoms with Gasteiger partial charge in [0.1, 0.15) is 42.3 Å². The number of carboxylic acid groups (broad SMARTS) is 3. The van der Waals surface area contributed by atoms with Gasteiger partial charge >= 0.3 is 17.9 Å². The molecule has 0 radical (unpaired) electrons. The summed E-state index contributed by atoms with van der Waals surface area (Å²) < 4.78 is 0. The fourth-order valence-electron chi connectivity index (χ4n) is 7.52. The van der Waals surface area contributed by atoms with Gasteiger partial charge in [-0.2, -0.15) is 0 Å². The third-order valence-corrected chi connectivity index (χ3v) is 11.2. The van der Waals surface area contributed by atoms with Crippen LogP contribution in [0, 0.1) is 11.8 Å². The Hall–Kier alpha value is -6.69. The fraction of sp³-hybridized carbons (Fsp3) is 0.630. The zero-order valence-electron chi connectivity index (χ0n) is 40.5. The average molecular weight is 989 g/mol. The number of carbonyl (C=O) groups excluding carboxylic acids is 8. The van der Waals surface area contributed by atoms with Gasteiger partial charge in [0.05, 0.1) is 19.0 Å². The van der Waals surface area contributed by atoms with Crippen molar-refractivity contribution in [3.8, 4) is 0 Å². The number of nitrogens with zero attached hydrogens (tertiary/aromatic N) is 1. The molecule has 1 aromatic rings. The molecule has 24 nitrogen and oxygen atoms in total. The minimum Gasteiger partial charge on any atom is -0.481 e. The lowest BCUT2D eigenvalue weighted by atomic mass is 10.0. The lowest BCUT2D eigenvalue weighted by Crippen LogP contribution is -2.59. The summed E-state index contributed by atoms with van der Waals surface area (Å²) in [5, 5.41) is 46.0. The first kappa shape index (κ1) is 59.4. The largest absolute Gasteiger partial charge is 0.481 e. The molecule has 24 heteroatoms. The number of benzene rings is 1. The first-order chi connectivity index (χ1) is 32.9. The smallest absolute Gasteiger partial charge is 0.326 e. The molecule has 0 bridgehead atoms. The highest BCUT2D eigenvalue weighted by Gasteiger charge is 2.38. The highest BCUT2D eigenvalue weighted by atomic mass is 16.4. The van der Waals surface area contributed by atoms with E-state index >= 15 is 0 Å². The predicted molar refractivity (Wildman–Crippen MR) is 252 cm³/mol. The summed E-state index contributed by atoms with van der Waals surface area (Å²) in [7, 11) is 0. The van der Waals surface area contributed by atoms with Gasteiger partial charge in [0.15, 0.2) is 0 Å². The Balaban J connectivity index is 2.26. The van der Waals surface area contributed by atoms with E-state index in [4.69, 9.17) is 11.5 Å². The fourth-order valence-corrected chi connectivity index (χ4v) is 7.52. The van der Waals surface area contributed by atoms with Crippen LogP contribution in [0.15, 0.2) is 30.3 Å². The van der Waals surface area contributed by atoms with E-state index in [1.807, 2.05) is 0 Å². The molecule has 8 amide bonds. The summed E-state index contributed by atoms with van der Waals surface area (Å²) in [6.45, 7) is 8.07. The molecule has 0 aromatic heterocycles. The highest BCUT2D eigenvalue weighted by molar-refractivity contribution is 5.98. The minimum absolute atomic E-state index is 0.0137. The number of likely N-dealkylation sites (tertiary alicyclic amines) is 1. The molecule has 0 aliphatic carbocycles. The molecule has 2 rings (SSSR count). The van der Waals surface area contributed by atoms with Crippen molar-refractivity contribution in [2.45, 2.75) is 154 Å². The van der Waals surface area contributed by atoms with Crippen LogP contribution in [-0.4, -0.2) is 153 Å². The second-order valence-electron chi connectivity index (χ2n) is 18.2. The lowest BCUT2D eigenvalue weighted by Gasteiger charge is -2.28. The van der Waals surface area contributed by atoms with Crippen molar-refractivity contribution in [3.63, 3.8) is 0 Å². The van der Waals surface area contributed by atoms with Crippen molar-refractivity contribution in [1.82, 2.24) is 42.1 Å². The van der Waals surface area contributed by atoms with Crippen LogP contribution in [0.5, 0.6) is 0 Å². The Morgan fingerprint density at radius 1 is 0.629 bits per heavy atom. The molecular formula is C46H72N10O14. The van der Waals surface area contributed by atoms with Crippen molar-refractivity contribution < 1.29 is 68.1 Å². The Bertz CT molecular complexity index is 1980. The van der Waals surface area contributed by atoms with Gasteiger partial charge in [-0.15, -0.1) is 0 Å². The van der Waals surface area contributed by atoms with E-state index in [-0.39, 0.29) is 57.0 Å². The number of amides is 8. The number of carboxylic acids is 3. The molecular weight excluding hydrogens is 917 g/mol. The van der Waals surface area contributed by atoms with Crippen molar-refractivity contribution in [3.05, 3.63) is 35.9 Å². The van der Waals surface area contributed by atoms with E-state index < -0.39 is 139 Å². The van der Waals surface area contributed by atoms with E-state index in [1.54, 1.807) is 58.0 Å². The van der Waals surface area contributed by atoms with Gasteiger partial charge in [-0.25, -0.2) is 4.79 Å². The minimum atomic E-state index is -1.84. The summed E-state index contributed by atoms with van der Waals surface area (Å²) >= 11 is 0. The zero-order chi connectivity index (χ0) is 52.7. The molecule has 1 saturated heterocycles. The lowest BCUT2D eigenvalue weighted by molar-refractivity contribution is -0.143. The molecule has 70 heavy (non-hydrogen) atoms. The van der Waals surface area contributed by atoms with Crippen LogP contribution in [0.25, 0.3) is 0 Å². The van der Waals surface area contributed by atoms with Crippen molar-refractivity contribution in [2.24, 2.45) is 23.3 Å². The van der Waals surface area contributed by atoms with Gasteiger partial charge in [-0.3, -0.25) is 47.9 Å². The van der Waals surface area contributed by atoms with Crippen molar-refractivity contribution in [2.75, 3.05) is 19.6 Å². The van der Waals surface area contributed by atoms with Gasteiger partial charge in [-0.1, -0.05) is 58.0 Å². The van der Waals surface area contributed by atoms with Crippen LogP contribution < -0.4 is 48.7 Å². The second kappa shape index (κ2) is 30.0. The number of nitrogens with two attached hydrogens (primary N) is 2. The van der Waals surface area contributed by atoms with Crippen LogP contribution >= 0.6 is 0 Å². The molecule has 1 heterocycles. The van der Waals surface area contributed by atoms with E-state index in [0.29, 0.717) is 24.8 Å². The van der Waals surface area contributed by atoms with Gasteiger partial charge < -0.3 is 68.9 Å². The van der Waals surface area contributed by atoms with Crippen LogP contribution in [0.1, 0.15) is 104 Å². The van der Waals surface area contributed by atoms with Crippen LogP contribution in [0.3, 0.4) is 0 Å². The SMILES string of the molecule is CC(C)CC(NC(=O)C(Cc1ccccc1)NC(=O)C(CCCCN)NC(=O)C1CCCN1C(=O)CNC(=O)C(CC(=O)O)NC(=O)C(CCC(=O)O)NC(=O)C(CC(C)C)NC(=O)C(C)N)C(=O)O. The van der Waals surface area contributed by atoms with Crippen molar-refractivity contribution in [1.29, 1.82) is 0 Å². The Kier molecular flexibility index (Phi) is 25.5. The number of aliphatic carboxylic acids is 3. The van der Waals surface area contributed by atoms with Gasteiger partial charge in [0, 0.05) is 19.4 Å². The van der Waals surface area contributed by atoms with Gasteiger partial charge in [0.25, 0.3) is 0 Å². The van der Waals surface area contributed by atoms with E-state index in [9.17, 15) is 68.1 Å². The van der Waals surface area contributed by atoms with E-state index in [1.165, 1.54) is 6.92 Å². The third kappa shape index (κ3) is 21.3. The van der Waals surface area contributed by atoms with E-state index in [2.05, 4.69) is 37.2 Å². The molecule has 8 atom stereocenters. The Labute approximate surface area is 406 Å². The quantitative estimate of drug-likeness (QED) is 0.0367. The van der Waals surface area contributed by atoms with Gasteiger partial charge in [0.2, 0.25) is 47.3 Å². The molecule has 1 aromatic carbocycles. The first-order valence-corrected chi connectivity index (χ1v) is 23.5. The standard InChI is InChI=1S/C46H72N10O14/c1-25(2)20-31(52-39(62)27(5)48)43(66)50-30(16-17-37(58)59)42(65)54-33(23-38(60)61)40(63)49-24-36(57)56-19-11-15-35(56)45(68)51-29(14-9-10-18-47)41(64)53-32(22-28-12-7-6-8-13-28)44(67)55-34(46(69)70)21-26(3)4/h6-8,12-13,25-27,29-35H,9-11,14-24,47-48H2,1-5H3,(H,49,63)(H,50,66)(H,51,68)(H,52,62)(H,53,64)(H,54,65)(H,55,67)(H,58,59)(H,60,61)(H,69,70). The van der Waals surface area contributed by atoms with Crippen LogP contribution in [0.2, 0.25) is 0 Å². The summed E-state index contributed by atoms with van der Waals surface area (Å²) in [5.41, 5.74) is 12.0. The van der Waals surface area contributed by atoms with Crippen LogP contribution in [-0.2, 0) is 59.2 Å². The third-order valence-electron chi connectivity index (χ3n) is 11.2. The molecule has 14 N–H and O–H groups in total. The molecule has 0 saturated carbocycles. The molecule has 8 unspecified atom stereocenters. The summed E-state index contributed by atoms with van der Waals surface area (Å²) in [5.74, 6) is -11.2. The van der Waals surface area contributed by atoms with E-state index in [0.717, 1.165) is 4.90 Å². The normalized spacial score (nSPS) is 16.3. The second-order valence-corrected chi connectivity index (χ2v) is 18.2. The zero-order valence-corrected chi connectivity index (χ0v) is 40.5. The Morgan fingerprint density at radius 2 is 1.16 bits per heavy atom. The maximum Gasteiger partial charge on any atom is 0.326 e. The number of hydrogen-bond acceptors (Lipinski definition) is 13. The Morgan fingerprint density at radius 3 is 1.71 bits per heavy atom. The van der Waals surface area contributed by atoms with Gasteiger partial charge in [-0.05, 0) is 82.2 Å². The predicted octanol–water partition coefficient (Wildman–Crippen LogP) is -1.76. The molecule has 1 aliphatic rings. The summed E-state index contributed by atoms with van der Waals surface area (Å²) in [6.07, 6.45) is -0.475. The number of nitrogens with one attached hydrogen (secondary N) is 7. The monoisotopic (exact) mass is 989 g/mol. The maximum atomic E-state index is 14.0. The maximum absolute atomic E-state index is 14.0. The summed E-state index contributed by atoms with van der Waals surface area (Å²) in [4.78, 5) is 144. The average Bonchev–Trinajstić information content (AvgIpc) is 3.78. The molecule has 1 aliphatic heterocycles. The number of carbonyl (C=O) groups is 11. The topological polar surface area (TPSA) is 388 Å². The van der Waals surface area contributed by atoms with Crippen molar-refractivity contribution >= 4 is 65.2 Å². The number of unbranched alkanes of at least 4 members (excludes halogenated alkanes) is 1. The highest BCUT2D eigenvalue weighted by Crippen LogP contribution is 2.19.